The topological polar surface area (TPSA) is 95.9 Å². The molecule has 0 radical (unpaired) electrons. The third-order valence-corrected chi connectivity index (χ3v) is 16.1. The van der Waals surface area contributed by atoms with Gasteiger partial charge in [-0.2, -0.15) is 0 Å². The van der Waals surface area contributed by atoms with Crippen LogP contribution in [0.15, 0.2) is 12.2 Å². The van der Waals surface area contributed by atoms with Gasteiger partial charge in [0.05, 0.1) is 25.4 Å². The lowest BCUT2D eigenvalue weighted by Gasteiger charge is -2.20. The van der Waals surface area contributed by atoms with Crippen molar-refractivity contribution in [3.05, 3.63) is 12.2 Å². The molecule has 0 saturated carbocycles. The number of ether oxygens (including phenoxy) is 1. The third-order valence-electron chi connectivity index (χ3n) is 16.1. The molecule has 3 N–H and O–H groups in total. The van der Waals surface area contributed by atoms with E-state index in [0.717, 1.165) is 38.5 Å². The molecule has 1 amide bonds. The van der Waals surface area contributed by atoms with E-state index in [2.05, 4.69) is 19.2 Å². The Labute approximate surface area is 463 Å². The van der Waals surface area contributed by atoms with Gasteiger partial charge >= 0.3 is 5.97 Å². The summed E-state index contributed by atoms with van der Waals surface area (Å²) in [6, 6.07) is -0.624. The van der Waals surface area contributed by atoms with Crippen LogP contribution >= 0.6 is 0 Å². The second-order valence-electron chi connectivity index (χ2n) is 23.5. The molecule has 0 bridgehead atoms. The fourth-order valence-corrected chi connectivity index (χ4v) is 10.9. The monoisotopic (exact) mass is 1040 g/mol. The van der Waals surface area contributed by atoms with Gasteiger partial charge in [-0.05, 0) is 32.1 Å². The number of amides is 1. The number of carbonyl (C=O) groups is 2. The highest BCUT2D eigenvalue weighted by atomic mass is 16.5. The average Bonchev–Trinajstić information content (AvgIpc) is 3.40. The van der Waals surface area contributed by atoms with Crippen molar-refractivity contribution >= 4 is 11.9 Å². The van der Waals surface area contributed by atoms with Gasteiger partial charge in [0.15, 0.2) is 0 Å². The Morgan fingerprint density at radius 1 is 0.365 bits per heavy atom. The molecule has 0 aromatic rings. The van der Waals surface area contributed by atoms with E-state index in [1.165, 1.54) is 321 Å². The van der Waals surface area contributed by atoms with E-state index in [0.29, 0.717) is 19.4 Å². The molecule has 74 heavy (non-hydrogen) atoms. The van der Waals surface area contributed by atoms with Crippen LogP contribution in [0, 0.1) is 0 Å². The number of allylic oxidation sites excluding steroid dienone is 1. The maximum Gasteiger partial charge on any atom is 0.305 e. The van der Waals surface area contributed by atoms with Gasteiger partial charge in [-0.15, -0.1) is 0 Å². The predicted octanol–water partition coefficient (Wildman–Crippen LogP) is 21.6. The van der Waals surface area contributed by atoms with Gasteiger partial charge in [-0.3, -0.25) is 9.59 Å². The number of hydrogen-bond acceptors (Lipinski definition) is 5. The van der Waals surface area contributed by atoms with E-state index in [9.17, 15) is 19.8 Å². The Bertz CT molecular complexity index is 1110. The van der Waals surface area contributed by atoms with Crippen molar-refractivity contribution in [1.82, 2.24) is 5.32 Å². The van der Waals surface area contributed by atoms with Crippen LogP contribution in [0.3, 0.4) is 0 Å². The van der Waals surface area contributed by atoms with Gasteiger partial charge in [-0.1, -0.05) is 353 Å². The molecule has 2 unspecified atom stereocenters. The molecule has 0 aliphatic heterocycles. The number of rotatable bonds is 64. The fraction of sp³-hybridized carbons (Fsp3) is 0.941. The second kappa shape index (κ2) is 64.1. The zero-order chi connectivity index (χ0) is 53.6. The molecule has 0 rings (SSSR count). The molecule has 0 aliphatic rings. The molecule has 0 spiro atoms. The standard InChI is InChI=1S/C68H133NO5/c1-3-5-7-9-11-13-15-17-33-36-40-44-48-52-56-60-66(71)65(64-70)69-67(72)61-57-53-49-45-41-37-34-31-29-27-25-23-21-19-20-22-24-26-28-30-32-35-39-43-47-51-55-59-63-74-68(73)62-58-54-50-46-42-38-18-16-14-12-10-8-6-4-2/h56,60,65-66,70-71H,3-55,57-59,61-64H2,1-2H3,(H,69,72)/b60-56+. The smallest absolute Gasteiger partial charge is 0.305 e. The van der Waals surface area contributed by atoms with E-state index in [-0.39, 0.29) is 18.5 Å². The van der Waals surface area contributed by atoms with Crippen LogP contribution in [0.25, 0.3) is 0 Å². The number of aliphatic hydroxyl groups excluding tert-OH is 2. The second-order valence-corrected chi connectivity index (χ2v) is 23.5. The summed E-state index contributed by atoms with van der Waals surface area (Å²) in [5, 5.41) is 23.2. The largest absolute Gasteiger partial charge is 0.466 e. The molecule has 0 saturated heterocycles. The maximum atomic E-state index is 12.5. The molecule has 0 fully saturated rings. The zero-order valence-electron chi connectivity index (χ0n) is 50.4. The average molecular weight is 1040 g/mol. The molecule has 6 nitrogen and oxygen atoms in total. The molecule has 0 aromatic heterocycles. The van der Waals surface area contributed by atoms with Crippen molar-refractivity contribution in [2.75, 3.05) is 13.2 Å². The van der Waals surface area contributed by atoms with Gasteiger partial charge in [0, 0.05) is 12.8 Å². The van der Waals surface area contributed by atoms with Crippen LogP contribution in [-0.4, -0.2) is 47.4 Å². The normalized spacial score (nSPS) is 12.5. The summed E-state index contributed by atoms with van der Waals surface area (Å²) >= 11 is 0. The first-order valence-electron chi connectivity index (χ1n) is 34.0. The SMILES string of the molecule is CCCCCCCCCCCCCCC/C=C/C(O)C(CO)NC(=O)CCCCCCCCCCCCCCCCCCCCCCCCCCCCCCOC(=O)CCCCCCCCCCCCCCCC. The number of hydrogen-bond donors (Lipinski definition) is 3. The minimum atomic E-state index is -0.841. The van der Waals surface area contributed by atoms with E-state index < -0.39 is 12.1 Å². The number of unbranched alkanes of at least 4 members (excludes halogenated alkanes) is 53. The minimum absolute atomic E-state index is 0.0215. The summed E-state index contributed by atoms with van der Waals surface area (Å²) in [6.45, 7) is 4.94. The predicted molar refractivity (Wildman–Crippen MR) is 324 cm³/mol. The Balaban J connectivity index is 3.34. The summed E-state index contributed by atoms with van der Waals surface area (Å²) in [5.41, 5.74) is 0. The highest BCUT2D eigenvalue weighted by Crippen LogP contribution is 2.19. The molecular formula is C68H133NO5. The molecule has 0 heterocycles. The van der Waals surface area contributed by atoms with Gasteiger partial charge < -0.3 is 20.3 Å². The van der Waals surface area contributed by atoms with Gasteiger partial charge in [0.1, 0.15) is 0 Å². The summed E-state index contributed by atoms with van der Waals surface area (Å²) in [6.07, 6.45) is 78.5. The first kappa shape index (κ1) is 72.6. The number of nitrogens with one attached hydrogen (secondary N) is 1. The first-order chi connectivity index (χ1) is 36.5. The summed E-state index contributed by atoms with van der Waals surface area (Å²) in [5.74, 6) is -0.0406. The lowest BCUT2D eigenvalue weighted by Crippen LogP contribution is -2.45. The van der Waals surface area contributed by atoms with Crippen molar-refractivity contribution in [1.29, 1.82) is 0 Å². The van der Waals surface area contributed by atoms with Crippen LogP contribution in [0.1, 0.15) is 386 Å². The quantitative estimate of drug-likeness (QED) is 0.0320. The Morgan fingerprint density at radius 3 is 0.919 bits per heavy atom. The van der Waals surface area contributed by atoms with Crippen LogP contribution in [-0.2, 0) is 14.3 Å². The number of aliphatic hydroxyl groups is 2. The summed E-state index contributed by atoms with van der Waals surface area (Å²) in [4.78, 5) is 24.5. The summed E-state index contributed by atoms with van der Waals surface area (Å²) < 4.78 is 5.49. The lowest BCUT2D eigenvalue weighted by molar-refractivity contribution is -0.143. The van der Waals surface area contributed by atoms with E-state index >= 15 is 0 Å². The lowest BCUT2D eigenvalue weighted by atomic mass is 10.0. The van der Waals surface area contributed by atoms with Crippen LogP contribution in [0.5, 0.6) is 0 Å². The van der Waals surface area contributed by atoms with Crippen molar-refractivity contribution in [3.63, 3.8) is 0 Å². The highest BCUT2D eigenvalue weighted by Gasteiger charge is 2.18. The van der Waals surface area contributed by atoms with Gasteiger partial charge in [-0.25, -0.2) is 0 Å². The van der Waals surface area contributed by atoms with E-state index in [1.54, 1.807) is 6.08 Å². The first-order valence-corrected chi connectivity index (χ1v) is 34.0. The molecule has 0 aliphatic carbocycles. The Hall–Kier alpha value is -1.40. The Morgan fingerprint density at radius 2 is 0.622 bits per heavy atom. The van der Waals surface area contributed by atoms with Crippen LogP contribution in [0.2, 0.25) is 0 Å². The Kier molecular flexibility index (Phi) is 62.9. The van der Waals surface area contributed by atoms with Crippen molar-refractivity contribution in [3.8, 4) is 0 Å². The molecule has 2 atom stereocenters. The van der Waals surface area contributed by atoms with Crippen molar-refractivity contribution in [2.24, 2.45) is 0 Å². The maximum absolute atomic E-state index is 12.5. The highest BCUT2D eigenvalue weighted by molar-refractivity contribution is 5.76. The molecule has 0 aromatic carbocycles. The zero-order valence-corrected chi connectivity index (χ0v) is 50.4. The number of esters is 1. The van der Waals surface area contributed by atoms with Crippen molar-refractivity contribution < 1.29 is 24.5 Å². The summed E-state index contributed by atoms with van der Waals surface area (Å²) in [7, 11) is 0. The van der Waals surface area contributed by atoms with Gasteiger partial charge in [0.25, 0.3) is 0 Å². The van der Waals surface area contributed by atoms with Crippen LogP contribution < -0.4 is 5.32 Å². The minimum Gasteiger partial charge on any atom is -0.466 e. The molecular weight excluding hydrogens is 911 g/mol. The van der Waals surface area contributed by atoms with E-state index in [1.807, 2.05) is 6.08 Å². The van der Waals surface area contributed by atoms with Crippen molar-refractivity contribution in [2.45, 2.75) is 398 Å². The third kappa shape index (κ3) is 59.8. The van der Waals surface area contributed by atoms with Gasteiger partial charge in [0.2, 0.25) is 5.91 Å². The molecule has 6 heteroatoms. The van der Waals surface area contributed by atoms with E-state index in [4.69, 9.17) is 4.74 Å². The van der Waals surface area contributed by atoms with Crippen LogP contribution in [0.4, 0.5) is 0 Å². The fourth-order valence-electron chi connectivity index (χ4n) is 10.9. The molecule has 440 valence electrons. The number of carbonyl (C=O) groups excluding carboxylic acids is 2.